The fourth-order valence-corrected chi connectivity index (χ4v) is 1.91. The lowest BCUT2D eigenvalue weighted by Crippen LogP contribution is -2.15. The minimum absolute atomic E-state index is 0.0565. The van der Waals surface area contributed by atoms with Crippen LogP contribution in [0.15, 0.2) is 36.4 Å². The first-order valence-electron chi connectivity index (χ1n) is 5.99. The van der Waals surface area contributed by atoms with Gasteiger partial charge in [0.15, 0.2) is 0 Å². The third kappa shape index (κ3) is 3.38. The SMILES string of the molecule is Cc1ccc(C(=O)Nc2cc(Cl)ccc2C(=O)O)cc1F. The first-order chi connectivity index (χ1) is 9.88. The minimum Gasteiger partial charge on any atom is -0.478 e. The molecule has 0 saturated carbocycles. The van der Waals surface area contributed by atoms with Gasteiger partial charge in [0, 0.05) is 10.6 Å². The van der Waals surface area contributed by atoms with Gasteiger partial charge >= 0.3 is 5.97 Å². The minimum atomic E-state index is -1.20. The second kappa shape index (κ2) is 5.93. The molecule has 0 bridgehead atoms. The van der Waals surface area contributed by atoms with Gasteiger partial charge in [-0.15, -0.1) is 0 Å². The number of benzene rings is 2. The number of carboxylic acid groups (broad SMARTS) is 1. The molecular formula is C15H11ClFNO3. The molecule has 0 aliphatic rings. The first-order valence-corrected chi connectivity index (χ1v) is 6.36. The maximum Gasteiger partial charge on any atom is 0.337 e. The molecule has 0 unspecified atom stereocenters. The second-order valence-corrected chi connectivity index (χ2v) is 4.85. The largest absolute Gasteiger partial charge is 0.478 e. The fourth-order valence-electron chi connectivity index (χ4n) is 1.73. The molecule has 2 rings (SSSR count). The highest BCUT2D eigenvalue weighted by Crippen LogP contribution is 2.22. The Hall–Kier alpha value is -2.40. The van der Waals surface area contributed by atoms with Crippen molar-refractivity contribution in [3.63, 3.8) is 0 Å². The van der Waals surface area contributed by atoms with Crippen molar-refractivity contribution in [2.75, 3.05) is 5.32 Å². The van der Waals surface area contributed by atoms with Crippen LogP contribution >= 0.6 is 11.6 Å². The number of amides is 1. The van der Waals surface area contributed by atoms with Crippen molar-refractivity contribution >= 4 is 29.2 Å². The predicted molar refractivity (Wildman–Crippen MR) is 77.5 cm³/mol. The molecule has 0 aliphatic heterocycles. The lowest BCUT2D eigenvalue weighted by Gasteiger charge is -2.09. The molecule has 1 amide bonds. The van der Waals surface area contributed by atoms with E-state index in [2.05, 4.69) is 5.32 Å². The Bertz CT molecular complexity index is 731. The summed E-state index contributed by atoms with van der Waals surface area (Å²) in [5.41, 5.74) is 0.469. The third-order valence-electron chi connectivity index (χ3n) is 2.89. The van der Waals surface area contributed by atoms with E-state index >= 15 is 0 Å². The Balaban J connectivity index is 2.33. The number of hydrogen-bond acceptors (Lipinski definition) is 2. The highest BCUT2D eigenvalue weighted by molar-refractivity contribution is 6.31. The van der Waals surface area contributed by atoms with E-state index < -0.39 is 17.7 Å². The van der Waals surface area contributed by atoms with Crippen LogP contribution in [0, 0.1) is 12.7 Å². The van der Waals surface area contributed by atoms with Gasteiger partial charge in [-0.25, -0.2) is 9.18 Å². The summed E-state index contributed by atoms with van der Waals surface area (Å²) in [5.74, 6) is -2.32. The predicted octanol–water partition coefficient (Wildman–Crippen LogP) is 3.74. The van der Waals surface area contributed by atoms with Crippen LogP contribution in [0.4, 0.5) is 10.1 Å². The first kappa shape index (κ1) is 15.0. The Kier molecular flexibility index (Phi) is 4.23. The van der Waals surface area contributed by atoms with E-state index in [1.54, 1.807) is 6.92 Å². The monoisotopic (exact) mass is 307 g/mol. The summed E-state index contributed by atoms with van der Waals surface area (Å²) >= 11 is 5.79. The normalized spacial score (nSPS) is 10.2. The number of rotatable bonds is 3. The van der Waals surface area contributed by atoms with Crippen molar-refractivity contribution in [2.45, 2.75) is 6.92 Å². The van der Waals surface area contributed by atoms with Crippen molar-refractivity contribution < 1.29 is 19.1 Å². The summed E-state index contributed by atoms with van der Waals surface area (Å²) in [7, 11) is 0. The zero-order chi connectivity index (χ0) is 15.6. The van der Waals surface area contributed by atoms with Crippen LogP contribution in [-0.4, -0.2) is 17.0 Å². The van der Waals surface area contributed by atoms with Crippen LogP contribution in [0.5, 0.6) is 0 Å². The third-order valence-corrected chi connectivity index (χ3v) is 3.13. The van der Waals surface area contributed by atoms with Gasteiger partial charge in [-0.1, -0.05) is 17.7 Å². The molecule has 2 aromatic rings. The van der Waals surface area contributed by atoms with Crippen molar-refractivity contribution in [3.8, 4) is 0 Å². The van der Waals surface area contributed by atoms with Crippen LogP contribution < -0.4 is 5.32 Å². The number of hydrogen-bond donors (Lipinski definition) is 2. The molecule has 0 spiro atoms. The molecule has 4 nitrogen and oxygen atoms in total. The lowest BCUT2D eigenvalue weighted by molar-refractivity contribution is 0.0698. The quantitative estimate of drug-likeness (QED) is 0.907. The van der Waals surface area contributed by atoms with E-state index in [4.69, 9.17) is 16.7 Å². The molecule has 0 aliphatic carbocycles. The Morgan fingerprint density at radius 2 is 1.90 bits per heavy atom. The van der Waals surface area contributed by atoms with Crippen LogP contribution in [0.3, 0.4) is 0 Å². The van der Waals surface area contributed by atoms with Gasteiger partial charge in [0.25, 0.3) is 5.91 Å². The molecule has 0 heterocycles. The smallest absolute Gasteiger partial charge is 0.337 e. The van der Waals surface area contributed by atoms with Crippen LogP contribution in [0.25, 0.3) is 0 Å². The molecule has 0 atom stereocenters. The number of aryl methyl sites for hydroxylation is 1. The lowest BCUT2D eigenvalue weighted by atomic mass is 10.1. The van der Waals surface area contributed by atoms with Gasteiger partial charge in [-0.2, -0.15) is 0 Å². The van der Waals surface area contributed by atoms with E-state index in [9.17, 15) is 14.0 Å². The summed E-state index contributed by atoms with van der Waals surface area (Å²) in [6.45, 7) is 1.58. The maximum atomic E-state index is 13.5. The van der Waals surface area contributed by atoms with Crippen molar-refractivity contribution in [3.05, 3.63) is 63.9 Å². The zero-order valence-corrected chi connectivity index (χ0v) is 11.7. The van der Waals surface area contributed by atoms with Gasteiger partial charge in [0.1, 0.15) is 5.82 Å². The number of anilines is 1. The molecule has 0 saturated heterocycles. The fraction of sp³-hybridized carbons (Fsp3) is 0.0667. The molecule has 108 valence electrons. The molecule has 6 heteroatoms. The number of halogens is 2. The Morgan fingerprint density at radius 1 is 1.19 bits per heavy atom. The highest BCUT2D eigenvalue weighted by Gasteiger charge is 2.15. The summed E-state index contributed by atoms with van der Waals surface area (Å²) in [6.07, 6.45) is 0. The summed E-state index contributed by atoms with van der Waals surface area (Å²) in [6, 6.07) is 8.05. The standard InChI is InChI=1S/C15H11ClFNO3/c1-8-2-3-9(6-12(8)17)14(19)18-13-7-10(16)4-5-11(13)15(20)21/h2-7H,1H3,(H,18,19)(H,20,21). The van der Waals surface area contributed by atoms with Gasteiger partial charge in [-0.05, 0) is 42.8 Å². The van der Waals surface area contributed by atoms with E-state index in [0.29, 0.717) is 5.56 Å². The molecule has 0 radical (unpaired) electrons. The van der Waals surface area contributed by atoms with Crippen molar-refractivity contribution in [1.82, 2.24) is 0 Å². The number of carboxylic acids is 1. The molecular weight excluding hydrogens is 297 g/mol. The number of carbonyl (C=O) groups excluding carboxylic acids is 1. The number of carbonyl (C=O) groups is 2. The number of aromatic carboxylic acids is 1. The van der Waals surface area contributed by atoms with Gasteiger partial charge < -0.3 is 10.4 Å². The average molecular weight is 308 g/mol. The topological polar surface area (TPSA) is 66.4 Å². The van der Waals surface area contributed by atoms with Gasteiger partial charge in [0.2, 0.25) is 0 Å². The van der Waals surface area contributed by atoms with E-state index in [1.165, 1.54) is 30.3 Å². The molecule has 0 fully saturated rings. The van der Waals surface area contributed by atoms with Crippen molar-refractivity contribution in [2.24, 2.45) is 0 Å². The van der Waals surface area contributed by atoms with Crippen LogP contribution in [-0.2, 0) is 0 Å². The zero-order valence-electron chi connectivity index (χ0n) is 11.0. The number of nitrogens with one attached hydrogen (secondary N) is 1. The Morgan fingerprint density at radius 3 is 2.52 bits per heavy atom. The van der Waals surface area contributed by atoms with E-state index in [1.807, 2.05) is 0 Å². The molecule has 21 heavy (non-hydrogen) atoms. The van der Waals surface area contributed by atoms with Crippen molar-refractivity contribution in [1.29, 1.82) is 0 Å². The van der Waals surface area contributed by atoms with Gasteiger partial charge in [-0.3, -0.25) is 4.79 Å². The van der Waals surface area contributed by atoms with E-state index in [-0.39, 0.29) is 21.8 Å². The van der Waals surface area contributed by atoms with Crippen LogP contribution in [0.2, 0.25) is 5.02 Å². The second-order valence-electron chi connectivity index (χ2n) is 4.41. The summed E-state index contributed by atoms with van der Waals surface area (Å²) in [5, 5.41) is 11.8. The Labute approximate surface area is 125 Å². The maximum absolute atomic E-state index is 13.5. The van der Waals surface area contributed by atoms with E-state index in [0.717, 1.165) is 6.07 Å². The molecule has 2 aromatic carbocycles. The molecule has 2 N–H and O–H groups in total. The highest BCUT2D eigenvalue weighted by atomic mass is 35.5. The molecule has 0 aromatic heterocycles. The summed E-state index contributed by atoms with van der Waals surface area (Å²) < 4.78 is 13.5. The van der Waals surface area contributed by atoms with Crippen LogP contribution in [0.1, 0.15) is 26.3 Å². The summed E-state index contributed by atoms with van der Waals surface area (Å²) in [4.78, 5) is 23.1. The average Bonchev–Trinajstić information content (AvgIpc) is 2.41. The van der Waals surface area contributed by atoms with Gasteiger partial charge in [0.05, 0.1) is 11.3 Å².